The van der Waals surface area contributed by atoms with Gasteiger partial charge in [-0.25, -0.2) is 4.98 Å². The van der Waals surface area contributed by atoms with E-state index in [0.29, 0.717) is 16.7 Å². The monoisotopic (exact) mass is 295 g/mol. The molecule has 0 bridgehead atoms. The number of carbonyl (C=O) groups is 1. The number of likely N-dealkylation sites (N-methyl/N-ethyl adjacent to an activating group) is 1. The van der Waals surface area contributed by atoms with Gasteiger partial charge in [-0.2, -0.15) is 0 Å². The molecule has 1 aliphatic carbocycles. The number of nitrogen functional groups attached to an aromatic ring is 1. The highest BCUT2D eigenvalue weighted by Gasteiger charge is 2.32. The number of thiazole rings is 1. The molecule has 1 aromatic heterocycles. The van der Waals surface area contributed by atoms with E-state index in [4.69, 9.17) is 5.73 Å². The second-order valence-electron chi connectivity index (χ2n) is 5.65. The standard InChI is InChI=1S/C13H21N5OS/c1-16-5-7-18(8-6-16)13-15-11(14)10(20-13)12(19)17(2)9-3-4-9/h9H,3-8,14H2,1-2H3. The van der Waals surface area contributed by atoms with Crippen LogP contribution in [0.4, 0.5) is 10.9 Å². The van der Waals surface area contributed by atoms with Crippen molar-refractivity contribution in [1.82, 2.24) is 14.8 Å². The average Bonchev–Trinajstić information content (AvgIpc) is 3.21. The van der Waals surface area contributed by atoms with Gasteiger partial charge in [0.25, 0.3) is 5.91 Å². The van der Waals surface area contributed by atoms with Crippen molar-refractivity contribution in [2.45, 2.75) is 18.9 Å². The van der Waals surface area contributed by atoms with Crippen LogP contribution in [0.25, 0.3) is 0 Å². The molecule has 0 unspecified atom stereocenters. The predicted octanol–water partition coefficient (Wildman–Crippen LogP) is 0.711. The fourth-order valence-electron chi connectivity index (χ4n) is 2.39. The molecule has 6 nitrogen and oxygen atoms in total. The summed E-state index contributed by atoms with van der Waals surface area (Å²) < 4.78 is 0. The molecular weight excluding hydrogens is 274 g/mol. The van der Waals surface area contributed by atoms with Gasteiger partial charge >= 0.3 is 0 Å². The van der Waals surface area contributed by atoms with Crippen LogP contribution in [0.5, 0.6) is 0 Å². The minimum absolute atomic E-state index is 0.0166. The van der Waals surface area contributed by atoms with E-state index in [0.717, 1.165) is 44.2 Å². The van der Waals surface area contributed by atoms with Crippen LogP contribution in [0, 0.1) is 0 Å². The predicted molar refractivity (Wildman–Crippen MR) is 81.4 cm³/mol. The fraction of sp³-hybridized carbons (Fsp3) is 0.692. The summed E-state index contributed by atoms with van der Waals surface area (Å²) in [6.07, 6.45) is 2.21. The van der Waals surface area contributed by atoms with Crippen molar-refractivity contribution in [1.29, 1.82) is 0 Å². The van der Waals surface area contributed by atoms with Crippen LogP contribution in [-0.2, 0) is 0 Å². The Hall–Kier alpha value is -1.34. The third-order valence-corrected chi connectivity index (χ3v) is 5.15. The number of anilines is 2. The number of nitrogens with two attached hydrogens (primary N) is 1. The summed E-state index contributed by atoms with van der Waals surface area (Å²) in [6, 6.07) is 0.399. The van der Waals surface area contributed by atoms with Crippen molar-refractivity contribution in [2.75, 3.05) is 50.9 Å². The summed E-state index contributed by atoms with van der Waals surface area (Å²) in [7, 11) is 3.97. The lowest BCUT2D eigenvalue weighted by Crippen LogP contribution is -2.44. The van der Waals surface area contributed by atoms with Crippen LogP contribution in [0.3, 0.4) is 0 Å². The molecule has 1 amide bonds. The number of piperazine rings is 1. The first-order valence-corrected chi connectivity index (χ1v) is 7.85. The first-order chi connectivity index (χ1) is 9.56. The maximum Gasteiger partial charge on any atom is 0.267 e. The number of amides is 1. The van der Waals surface area contributed by atoms with E-state index in [1.807, 2.05) is 7.05 Å². The van der Waals surface area contributed by atoms with E-state index in [-0.39, 0.29) is 5.91 Å². The number of aromatic nitrogens is 1. The molecule has 1 aromatic rings. The van der Waals surface area contributed by atoms with Crippen LogP contribution in [0.2, 0.25) is 0 Å². The van der Waals surface area contributed by atoms with Gasteiger partial charge in [-0.05, 0) is 19.9 Å². The van der Waals surface area contributed by atoms with Crippen molar-refractivity contribution in [2.24, 2.45) is 0 Å². The van der Waals surface area contributed by atoms with Crippen LogP contribution in [0.15, 0.2) is 0 Å². The molecule has 0 atom stereocenters. The summed E-state index contributed by atoms with van der Waals surface area (Å²) in [5.74, 6) is 0.393. The maximum absolute atomic E-state index is 12.4. The lowest BCUT2D eigenvalue weighted by atomic mass is 10.3. The average molecular weight is 295 g/mol. The van der Waals surface area contributed by atoms with Gasteiger partial charge < -0.3 is 20.4 Å². The molecule has 20 heavy (non-hydrogen) atoms. The van der Waals surface area contributed by atoms with E-state index < -0.39 is 0 Å². The molecule has 1 saturated carbocycles. The van der Waals surface area contributed by atoms with Crippen LogP contribution in [-0.4, -0.2) is 67.0 Å². The number of hydrogen-bond donors (Lipinski definition) is 1. The lowest BCUT2D eigenvalue weighted by molar-refractivity contribution is 0.0790. The van der Waals surface area contributed by atoms with E-state index in [1.165, 1.54) is 11.3 Å². The van der Waals surface area contributed by atoms with Crippen molar-refractivity contribution in [3.63, 3.8) is 0 Å². The van der Waals surface area contributed by atoms with Crippen LogP contribution >= 0.6 is 11.3 Å². The molecular formula is C13H21N5OS. The van der Waals surface area contributed by atoms with Gasteiger partial charge in [-0.15, -0.1) is 0 Å². The zero-order valence-corrected chi connectivity index (χ0v) is 12.8. The van der Waals surface area contributed by atoms with Gasteiger partial charge in [0, 0.05) is 39.3 Å². The number of hydrogen-bond acceptors (Lipinski definition) is 6. The molecule has 2 fully saturated rings. The fourth-order valence-corrected chi connectivity index (χ4v) is 3.41. The van der Waals surface area contributed by atoms with Gasteiger partial charge in [-0.1, -0.05) is 11.3 Å². The summed E-state index contributed by atoms with van der Waals surface area (Å²) in [4.78, 5) is 23.7. The third-order valence-electron chi connectivity index (χ3n) is 4.03. The molecule has 1 saturated heterocycles. The lowest BCUT2D eigenvalue weighted by Gasteiger charge is -2.32. The minimum atomic E-state index is 0.0166. The summed E-state index contributed by atoms with van der Waals surface area (Å²) in [5.41, 5.74) is 5.95. The largest absolute Gasteiger partial charge is 0.382 e. The molecule has 0 radical (unpaired) electrons. The first-order valence-electron chi connectivity index (χ1n) is 7.03. The van der Waals surface area contributed by atoms with E-state index >= 15 is 0 Å². The van der Waals surface area contributed by atoms with Gasteiger partial charge in [0.15, 0.2) is 5.13 Å². The van der Waals surface area contributed by atoms with Crippen LogP contribution in [0.1, 0.15) is 22.5 Å². The van der Waals surface area contributed by atoms with Gasteiger partial charge in [0.05, 0.1) is 0 Å². The Kier molecular flexibility index (Phi) is 3.55. The van der Waals surface area contributed by atoms with E-state index in [1.54, 1.807) is 4.90 Å². The zero-order chi connectivity index (χ0) is 14.3. The quantitative estimate of drug-likeness (QED) is 0.890. The second kappa shape index (κ2) is 5.21. The Morgan fingerprint density at radius 2 is 2.00 bits per heavy atom. The molecule has 0 aromatic carbocycles. The minimum Gasteiger partial charge on any atom is -0.382 e. The Bertz CT molecular complexity index is 505. The molecule has 110 valence electrons. The van der Waals surface area contributed by atoms with Gasteiger partial charge in [0.2, 0.25) is 0 Å². The van der Waals surface area contributed by atoms with Crippen molar-refractivity contribution >= 4 is 28.2 Å². The maximum atomic E-state index is 12.4. The third kappa shape index (κ3) is 2.60. The SMILES string of the molecule is CN1CCN(c2nc(N)c(C(=O)N(C)C3CC3)s2)CC1. The Morgan fingerprint density at radius 1 is 1.35 bits per heavy atom. The smallest absolute Gasteiger partial charge is 0.267 e. The molecule has 2 aliphatic rings. The molecule has 7 heteroatoms. The Labute approximate surface area is 123 Å². The Morgan fingerprint density at radius 3 is 2.60 bits per heavy atom. The number of nitrogens with zero attached hydrogens (tertiary/aromatic N) is 4. The highest BCUT2D eigenvalue weighted by atomic mass is 32.1. The second-order valence-corrected chi connectivity index (χ2v) is 6.63. The van der Waals surface area contributed by atoms with E-state index in [9.17, 15) is 4.79 Å². The zero-order valence-electron chi connectivity index (χ0n) is 12.0. The molecule has 0 spiro atoms. The van der Waals surface area contributed by atoms with Crippen molar-refractivity contribution in [3.8, 4) is 0 Å². The molecule has 3 rings (SSSR count). The topological polar surface area (TPSA) is 65.7 Å². The molecule has 2 heterocycles. The highest BCUT2D eigenvalue weighted by Crippen LogP contribution is 2.33. The number of carbonyl (C=O) groups excluding carboxylic acids is 1. The summed E-state index contributed by atoms with van der Waals surface area (Å²) >= 11 is 1.43. The molecule has 2 N–H and O–H groups in total. The summed E-state index contributed by atoms with van der Waals surface area (Å²) in [5, 5.41) is 0.878. The highest BCUT2D eigenvalue weighted by molar-refractivity contribution is 7.18. The Balaban J connectivity index is 1.75. The normalized spacial score (nSPS) is 20.2. The van der Waals surface area contributed by atoms with E-state index in [2.05, 4.69) is 21.8 Å². The van der Waals surface area contributed by atoms with Gasteiger partial charge in [-0.3, -0.25) is 4.79 Å². The first kappa shape index (κ1) is 13.6. The van der Waals surface area contributed by atoms with Crippen molar-refractivity contribution < 1.29 is 4.79 Å². The van der Waals surface area contributed by atoms with Crippen LogP contribution < -0.4 is 10.6 Å². The van der Waals surface area contributed by atoms with Gasteiger partial charge in [0.1, 0.15) is 10.7 Å². The van der Waals surface area contributed by atoms with Crippen molar-refractivity contribution in [3.05, 3.63) is 4.88 Å². The summed E-state index contributed by atoms with van der Waals surface area (Å²) in [6.45, 7) is 3.92. The molecule has 1 aliphatic heterocycles. The number of rotatable bonds is 3.